The van der Waals surface area contributed by atoms with E-state index in [-0.39, 0.29) is 5.92 Å². The predicted molar refractivity (Wildman–Crippen MR) is 98.1 cm³/mol. The molecule has 138 valence electrons. The second-order valence-electron chi connectivity index (χ2n) is 6.30. The summed E-state index contributed by atoms with van der Waals surface area (Å²) < 4.78 is 5.67. The fourth-order valence-electron chi connectivity index (χ4n) is 2.42. The highest BCUT2D eigenvalue weighted by atomic mass is 16.5. The molecule has 0 saturated carbocycles. The smallest absolute Gasteiger partial charge is 0.326 e. The van der Waals surface area contributed by atoms with Crippen molar-refractivity contribution in [2.24, 2.45) is 5.92 Å². The number of nitrogens with one attached hydrogen (secondary N) is 1. The van der Waals surface area contributed by atoms with E-state index in [0.717, 1.165) is 11.3 Å². The fraction of sp³-hybridized carbons (Fsp3) is 0.350. The highest BCUT2D eigenvalue weighted by Gasteiger charge is 2.25. The van der Waals surface area contributed by atoms with Crippen LogP contribution in [0.25, 0.3) is 0 Å². The number of hydrogen-bond donors (Lipinski definition) is 2. The van der Waals surface area contributed by atoms with E-state index in [9.17, 15) is 14.7 Å². The van der Waals surface area contributed by atoms with Crippen LogP contribution in [-0.2, 0) is 11.4 Å². The Balaban J connectivity index is 2.04. The van der Waals surface area contributed by atoms with Gasteiger partial charge in [-0.05, 0) is 42.7 Å². The molecule has 6 heteroatoms. The molecule has 0 unspecified atom stereocenters. The van der Waals surface area contributed by atoms with Crippen LogP contribution in [0, 0.1) is 12.8 Å². The first-order valence-corrected chi connectivity index (χ1v) is 8.58. The van der Waals surface area contributed by atoms with Gasteiger partial charge < -0.3 is 15.2 Å². The van der Waals surface area contributed by atoms with E-state index in [4.69, 9.17) is 4.74 Å². The number of pyridine rings is 1. The van der Waals surface area contributed by atoms with E-state index in [1.807, 2.05) is 32.0 Å². The third-order valence-electron chi connectivity index (χ3n) is 4.24. The van der Waals surface area contributed by atoms with Gasteiger partial charge in [0.1, 0.15) is 18.4 Å². The predicted octanol–water partition coefficient (Wildman–Crippen LogP) is 3.20. The standard InChI is InChI=1S/C20H24N2O4/c1-4-13(2)18(20(24)25)22-19(23)16-7-5-6-15(10-16)12-26-17-9-8-14(3)21-11-17/h5-11,13,18H,4,12H2,1-3H3,(H,22,23)(H,24,25)/t13-,18-/m0/s1. The molecule has 26 heavy (non-hydrogen) atoms. The van der Waals surface area contributed by atoms with Gasteiger partial charge in [-0.25, -0.2) is 4.79 Å². The van der Waals surface area contributed by atoms with Crippen molar-refractivity contribution in [3.8, 4) is 5.75 Å². The third kappa shape index (κ3) is 5.31. The summed E-state index contributed by atoms with van der Waals surface area (Å²) in [5.74, 6) is -0.944. The van der Waals surface area contributed by atoms with Crippen molar-refractivity contribution < 1.29 is 19.4 Å². The molecule has 1 aromatic heterocycles. The zero-order valence-corrected chi connectivity index (χ0v) is 15.2. The number of carboxylic acid groups (broad SMARTS) is 1. The Hall–Kier alpha value is -2.89. The van der Waals surface area contributed by atoms with Gasteiger partial charge in [0.2, 0.25) is 0 Å². The number of aliphatic carboxylic acids is 1. The van der Waals surface area contributed by atoms with Crippen LogP contribution in [-0.4, -0.2) is 28.0 Å². The number of amides is 1. The summed E-state index contributed by atoms with van der Waals surface area (Å²) in [5.41, 5.74) is 2.13. The van der Waals surface area contributed by atoms with E-state index < -0.39 is 17.9 Å². The van der Waals surface area contributed by atoms with Gasteiger partial charge in [0, 0.05) is 11.3 Å². The maximum atomic E-state index is 12.4. The summed E-state index contributed by atoms with van der Waals surface area (Å²) in [7, 11) is 0. The van der Waals surface area contributed by atoms with Crippen molar-refractivity contribution in [3.05, 3.63) is 59.4 Å². The summed E-state index contributed by atoms with van der Waals surface area (Å²) in [6, 6.07) is 9.74. The number of aryl methyl sites for hydroxylation is 1. The lowest BCUT2D eigenvalue weighted by Gasteiger charge is -2.20. The number of aromatic nitrogens is 1. The summed E-state index contributed by atoms with van der Waals surface area (Å²) in [6.45, 7) is 5.89. The third-order valence-corrected chi connectivity index (χ3v) is 4.24. The SMILES string of the molecule is CC[C@H](C)[C@H](NC(=O)c1cccc(COc2ccc(C)nc2)c1)C(=O)O. The molecule has 2 atom stereocenters. The fourth-order valence-corrected chi connectivity index (χ4v) is 2.42. The zero-order chi connectivity index (χ0) is 19.1. The van der Waals surface area contributed by atoms with Crippen molar-refractivity contribution >= 4 is 11.9 Å². The highest BCUT2D eigenvalue weighted by molar-refractivity contribution is 5.96. The molecule has 0 radical (unpaired) electrons. The Morgan fingerprint density at radius 3 is 2.65 bits per heavy atom. The molecule has 1 aromatic carbocycles. The molecule has 0 aliphatic rings. The van der Waals surface area contributed by atoms with Crippen molar-refractivity contribution in [2.45, 2.75) is 39.8 Å². The normalized spacial score (nSPS) is 12.9. The molecule has 0 spiro atoms. The molecule has 1 amide bonds. The maximum Gasteiger partial charge on any atom is 0.326 e. The van der Waals surface area contributed by atoms with Gasteiger partial charge >= 0.3 is 5.97 Å². The first-order chi connectivity index (χ1) is 12.4. The quantitative estimate of drug-likeness (QED) is 0.758. The van der Waals surface area contributed by atoms with E-state index in [0.29, 0.717) is 24.3 Å². The van der Waals surface area contributed by atoms with Gasteiger partial charge in [0.15, 0.2) is 0 Å². The van der Waals surface area contributed by atoms with Crippen molar-refractivity contribution in [1.29, 1.82) is 0 Å². The highest BCUT2D eigenvalue weighted by Crippen LogP contribution is 2.14. The number of nitrogens with zero attached hydrogens (tertiary/aromatic N) is 1. The molecule has 2 N–H and O–H groups in total. The second kappa shape index (κ2) is 8.99. The van der Waals surface area contributed by atoms with Gasteiger partial charge in [-0.1, -0.05) is 32.4 Å². The van der Waals surface area contributed by atoms with Crippen LogP contribution in [0.3, 0.4) is 0 Å². The molecule has 2 aromatic rings. The molecule has 0 saturated heterocycles. The topological polar surface area (TPSA) is 88.5 Å². The number of rotatable bonds is 8. The van der Waals surface area contributed by atoms with Gasteiger partial charge in [-0.2, -0.15) is 0 Å². The van der Waals surface area contributed by atoms with E-state index in [1.54, 1.807) is 31.3 Å². The lowest BCUT2D eigenvalue weighted by atomic mass is 9.99. The Morgan fingerprint density at radius 1 is 1.27 bits per heavy atom. The largest absolute Gasteiger partial charge is 0.487 e. The van der Waals surface area contributed by atoms with Crippen LogP contribution in [0.15, 0.2) is 42.6 Å². The van der Waals surface area contributed by atoms with E-state index in [2.05, 4.69) is 10.3 Å². The number of carbonyl (C=O) groups excluding carboxylic acids is 1. The van der Waals surface area contributed by atoms with Crippen LogP contribution < -0.4 is 10.1 Å². The first-order valence-electron chi connectivity index (χ1n) is 8.58. The van der Waals surface area contributed by atoms with Crippen LogP contribution in [0.2, 0.25) is 0 Å². The minimum Gasteiger partial charge on any atom is -0.487 e. The Bertz CT molecular complexity index is 759. The molecule has 0 aliphatic carbocycles. The summed E-state index contributed by atoms with van der Waals surface area (Å²) in [5, 5.41) is 11.9. The molecule has 2 rings (SSSR count). The minimum absolute atomic E-state index is 0.156. The minimum atomic E-state index is -1.03. The van der Waals surface area contributed by atoms with Gasteiger partial charge in [0.05, 0.1) is 6.20 Å². The van der Waals surface area contributed by atoms with Crippen LogP contribution in [0.1, 0.15) is 41.9 Å². The second-order valence-corrected chi connectivity index (χ2v) is 6.30. The average molecular weight is 356 g/mol. The molecule has 0 fully saturated rings. The van der Waals surface area contributed by atoms with Gasteiger partial charge in [-0.3, -0.25) is 9.78 Å². The maximum absolute atomic E-state index is 12.4. The number of benzene rings is 1. The Morgan fingerprint density at radius 2 is 2.04 bits per heavy atom. The summed E-state index contributed by atoms with van der Waals surface area (Å²) >= 11 is 0. The van der Waals surface area contributed by atoms with Crippen LogP contribution >= 0.6 is 0 Å². The van der Waals surface area contributed by atoms with Gasteiger partial charge in [-0.15, -0.1) is 0 Å². The van der Waals surface area contributed by atoms with Crippen molar-refractivity contribution in [2.75, 3.05) is 0 Å². The van der Waals surface area contributed by atoms with Crippen molar-refractivity contribution in [1.82, 2.24) is 10.3 Å². The lowest BCUT2D eigenvalue weighted by Crippen LogP contribution is -2.45. The number of carbonyl (C=O) groups is 2. The molecular formula is C20H24N2O4. The molecule has 0 aliphatic heterocycles. The number of ether oxygens (including phenoxy) is 1. The molecule has 6 nitrogen and oxygen atoms in total. The molecular weight excluding hydrogens is 332 g/mol. The van der Waals surface area contributed by atoms with Crippen molar-refractivity contribution in [3.63, 3.8) is 0 Å². The monoisotopic (exact) mass is 356 g/mol. The first kappa shape index (κ1) is 19.4. The Kier molecular flexibility index (Phi) is 6.72. The molecule has 0 bridgehead atoms. The van der Waals surface area contributed by atoms with Crippen LogP contribution in [0.5, 0.6) is 5.75 Å². The van der Waals surface area contributed by atoms with E-state index in [1.165, 1.54) is 0 Å². The summed E-state index contributed by atoms with van der Waals surface area (Å²) in [6.07, 6.45) is 2.31. The zero-order valence-electron chi connectivity index (χ0n) is 15.2. The van der Waals surface area contributed by atoms with Gasteiger partial charge in [0.25, 0.3) is 5.91 Å². The Labute approximate surface area is 153 Å². The van der Waals surface area contributed by atoms with Crippen LogP contribution in [0.4, 0.5) is 0 Å². The number of hydrogen-bond acceptors (Lipinski definition) is 4. The van der Waals surface area contributed by atoms with E-state index >= 15 is 0 Å². The lowest BCUT2D eigenvalue weighted by molar-refractivity contribution is -0.140. The molecule has 1 heterocycles. The number of carboxylic acids is 1. The average Bonchev–Trinajstić information content (AvgIpc) is 2.64. The summed E-state index contributed by atoms with van der Waals surface area (Å²) in [4.78, 5) is 28.0.